The Bertz CT molecular complexity index is 932. The molecule has 5 heteroatoms. The molecular weight excluding hydrogens is 338 g/mol. The van der Waals surface area contributed by atoms with Gasteiger partial charge < -0.3 is 9.64 Å². The van der Waals surface area contributed by atoms with Crippen LogP contribution in [-0.4, -0.2) is 41.3 Å². The second-order valence-electron chi connectivity index (χ2n) is 6.72. The highest BCUT2D eigenvalue weighted by atomic mass is 16.5. The Labute approximate surface area is 159 Å². The third kappa shape index (κ3) is 3.04. The number of ether oxygens (including phenoxy) is 1. The van der Waals surface area contributed by atoms with E-state index in [0.717, 1.165) is 28.8 Å². The lowest BCUT2D eigenvalue weighted by molar-refractivity contribution is 0.0677. The fourth-order valence-corrected chi connectivity index (χ4v) is 3.72. The highest BCUT2D eigenvalue weighted by molar-refractivity contribution is 6.00. The van der Waals surface area contributed by atoms with Crippen molar-refractivity contribution in [2.45, 2.75) is 19.4 Å². The number of aryl methyl sites for hydroxylation is 1. The smallest absolute Gasteiger partial charge is 0.273 e. The van der Waals surface area contributed by atoms with E-state index in [4.69, 9.17) is 4.74 Å². The number of fused-ring (bicyclic) bond motifs is 1. The highest BCUT2D eigenvalue weighted by Gasteiger charge is 2.41. The summed E-state index contributed by atoms with van der Waals surface area (Å²) in [6.07, 6.45) is 0.990. The Morgan fingerprint density at radius 3 is 2.52 bits per heavy atom. The summed E-state index contributed by atoms with van der Waals surface area (Å²) in [5.41, 5.74) is 5.74. The van der Waals surface area contributed by atoms with Crippen LogP contribution in [0.4, 0.5) is 0 Å². The van der Waals surface area contributed by atoms with E-state index in [-0.39, 0.29) is 11.9 Å². The minimum Gasteiger partial charge on any atom is -0.383 e. The normalized spacial score (nSPS) is 16.0. The quantitative estimate of drug-likeness (QED) is 0.726. The molecule has 138 valence electrons. The summed E-state index contributed by atoms with van der Waals surface area (Å²) in [4.78, 5) is 14.9. The first-order chi connectivity index (χ1) is 13.2. The summed E-state index contributed by atoms with van der Waals surface area (Å²) in [6, 6.07) is 18.3. The van der Waals surface area contributed by atoms with Crippen molar-refractivity contribution in [2.24, 2.45) is 0 Å². The average Bonchev–Trinajstić information content (AvgIpc) is 3.26. The van der Waals surface area contributed by atoms with E-state index < -0.39 is 0 Å². The number of rotatable bonds is 6. The second-order valence-corrected chi connectivity index (χ2v) is 6.72. The molecule has 2 aromatic carbocycles. The molecule has 1 unspecified atom stereocenters. The van der Waals surface area contributed by atoms with Gasteiger partial charge in [0.25, 0.3) is 5.91 Å². The Kier molecular flexibility index (Phi) is 4.77. The summed E-state index contributed by atoms with van der Waals surface area (Å²) in [5, 5.41) is 7.46. The van der Waals surface area contributed by atoms with Gasteiger partial charge in [0.15, 0.2) is 0 Å². The van der Waals surface area contributed by atoms with Crippen molar-refractivity contribution in [3.05, 3.63) is 77.0 Å². The van der Waals surface area contributed by atoms with E-state index >= 15 is 0 Å². The first kappa shape index (κ1) is 17.5. The number of amides is 1. The lowest BCUT2D eigenvalue weighted by atomic mass is 9.95. The van der Waals surface area contributed by atoms with Crippen molar-refractivity contribution in [3.8, 4) is 11.3 Å². The SMILES string of the molecule is CCc1ccc(C2c3c(-c4ccccc4)n[nH]c3C(=O)N2CCOC)cc1. The van der Waals surface area contributed by atoms with E-state index in [9.17, 15) is 4.79 Å². The minimum absolute atomic E-state index is 0.0266. The van der Waals surface area contributed by atoms with Crippen molar-refractivity contribution in [1.82, 2.24) is 15.1 Å². The number of carbonyl (C=O) groups is 1. The van der Waals surface area contributed by atoms with Gasteiger partial charge in [-0.15, -0.1) is 0 Å². The van der Waals surface area contributed by atoms with Gasteiger partial charge in [0.1, 0.15) is 5.69 Å². The molecule has 27 heavy (non-hydrogen) atoms. The molecule has 4 rings (SSSR count). The fraction of sp³-hybridized carbons (Fsp3) is 0.273. The number of nitrogens with zero attached hydrogens (tertiary/aromatic N) is 2. The van der Waals surface area contributed by atoms with E-state index in [0.29, 0.717) is 18.8 Å². The zero-order chi connectivity index (χ0) is 18.8. The van der Waals surface area contributed by atoms with Gasteiger partial charge in [-0.3, -0.25) is 9.89 Å². The van der Waals surface area contributed by atoms with E-state index in [1.54, 1.807) is 7.11 Å². The summed E-state index contributed by atoms with van der Waals surface area (Å²) in [7, 11) is 1.65. The van der Waals surface area contributed by atoms with Gasteiger partial charge in [0, 0.05) is 24.8 Å². The Morgan fingerprint density at radius 1 is 1.11 bits per heavy atom. The number of H-pyrrole nitrogens is 1. The number of nitrogens with one attached hydrogen (secondary N) is 1. The monoisotopic (exact) mass is 361 g/mol. The Morgan fingerprint density at radius 2 is 1.85 bits per heavy atom. The topological polar surface area (TPSA) is 58.2 Å². The van der Waals surface area contributed by atoms with Gasteiger partial charge in [-0.1, -0.05) is 61.5 Å². The van der Waals surface area contributed by atoms with Crippen molar-refractivity contribution in [1.29, 1.82) is 0 Å². The number of carbonyl (C=O) groups excluding carboxylic acids is 1. The lowest BCUT2D eigenvalue weighted by Gasteiger charge is -2.26. The maximum Gasteiger partial charge on any atom is 0.273 e. The highest BCUT2D eigenvalue weighted by Crippen LogP contribution is 2.42. The van der Waals surface area contributed by atoms with Gasteiger partial charge in [-0.2, -0.15) is 5.10 Å². The lowest BCUT2D eigenvalue weighted by Crippen LogP contribution is -2.32. The summed E-state index contributed by atoms with van der Waals surface area (Å²) < 4.78 is 5.24. The zero-order valence-electron chi connectivity index (χ0n) is 15.6. The number of hydrogen-bond acceptors (Lipinski definition) is 3. The minimum atomic E-state index is -0.164. The molecule has 0 bridgehead atoms. The van der Waals surface area contributed by atoms with Crippen molar-refractivity contribution >= 4 is 5.91 Å². The van der Waals surface area contributed by atoms with Gasteiger partial charge in [0.2, 0.25) is 0 Å². The van der Waals surface area contributed by atoms with Gasteiger partial charge in [-0.25, -0.2) is 0 Å². The van der Waals surface area contributed by atoms with E-state index in [1.807, 2.05) is 35.2 Å². The number of aromatic amines is 1. The van der Waals surface area contributed by atoms with Crippen LogP contribution in [0, 0.1) is 0 Å². The van der Waals surface area contributed by atoms with Crippen molar-refractivity contribution in [3.63, 3.8) is 0 Å². The first-order valence-electron chi connectivity index (χ1n) is 9.27. The molecule has 0 fully saturated rings. The molecular formula is C22H23N3O2. The number of aromatic nitrogens is 2. The predicted octanol–water partition coefficient (Wildman–Crippen LogP) is 3.83. The van der Waals surface area contributed by atoms with Crippen molar-refractivity contribution < 1.29 is 9.53 Å². The molecule has 5 nitrogen and oxygen atoms in total. The van der Waals surface area contributed by atoms with Gasteiger partial charge in [-0.05, 0) is 17.5 Å². The van der Waals surface area contributed by atoms with Crippen LogP contribution in [0.15, 0.2) is 54.6 Å². The number of benzene rings is 2. The second kappa shape index (κ2) is 7.37. The zero-order valence-corrected chi connectivity index (χ0v) is 15.6. The average molecular weight is 361 g/mol. The van der Waals surface area contributed by atoms with Crippen LogP contribution in [-0.2, 0) is 11.2 Å². The van der Waals surface area contributed by atoms with Crippen molar-refractivity contribution in [2.75, 3.05) is 20.3 Å². The summed E-state index contributed by atoms with van der Waals surface area (Å²) in [5.74, 6) is -0.0266. The molecule has 3 aromatic rings. The molecule has 1 aliphatic heterocycles. The molecule has 1 atom stereocenters. The van der Waals surface area contributed by atoms with Crippen LogP contribution < -0.4 is 0 Å². The molecule has 2 heterocycles. The molecule has 0 aliphatic carbocycles. The third-order valence-electron chi connectivity index (χ3n) is 5.15. The number of hydrogen-bond donors (Lipinski definition) is 1. The van der Waals surface area contributed by atoms with Crippen LogP contribution in [0.5, 0.6) is 0 Å². The molecule has 0 saturated heterocycles. The summed E-state index contributed by atoms with van der Waals surface area (Å²) >= 11 is 0. The third-order valence-corrected chi connectivity index (χ3v) is 5.15. The van der Waals surface area contributed by atoms with Crippen LogP contribution in [0.3, 0.4) is 0 Å². The molecule has 1 aliphatic rings. The maximum atomic E-state index is 13.1. The first-order valence-corrected chi connectivity index (χ1v) is 9.27. The molecule has 0 saturated carbocycles. The van der Waals surface area contributed by atoms with E-state index in [2.05, 4.69) is 41.4 Å². The summed E-state index contributed by atoms with van der Waals surface area (Å²) in [6.45, 7) is 3.17. The van der Waals surface area contributed by atoms with E-state index in [1.165, 1.54) is 5.56 Å². The molecule has 0 radical (unpaired) electrons. The molecule has 1 amide bonds. The van der Waals surface area contributed by atoms with Crippen LogP contribution in [0.25, 0.3) is 11.3 Å². The standard InChI is InChI=1S/C22H23N3O2/c1-3-15-9-11-17(12-10-15)21-18-19(16-7-5-4-6-8-16)23-24-20(18)22(26)25(21)13-14-27-2/h4-12,21H,3,13-14H2,1-2H3,(H,23,24). The molecule has 1 aromatic heterocycles. The molecule has 0 spiro atoms. The largest absolute Gasteiger partial charge is 0.383 e. The predicted molar refractivity (Wildman–Crippen MR) is 105 cm³/mol. The maximum absolute atomic E-state index is 13.1. The van der Waals surface area contributed by atoms with Gasteiger partial charge in [0.05, 0.1) is 18.3 Å². The van der Waals surface area contributed by atoms with Gasteiger partial charge >= 0.3 is 0 Å². The Balaban J connectivity index is 1.83. The van der Waals surface area contributed by atoms with Crippen LogP contribution in [0.2, 0.25) is 0 Å². The molecule has 1 N–H and O–H groups in total. The van der Waals surface area contributed by atoms with Crippen LogP contribution in [0.1, 0.15) is 40.1 Å². The fourth-order valence-electron chi connectivity index (χ4n) is 3.72. The van der Waals surface area contributed by atoms with Crippen LogP contribution >= 0.6 is 0 Å². The number of methoxy groups -OCH3 is 1. The Hall–Kier alpha value is -2.92.